The molecule has 2 aromatic heterocycles. The monoisotopic (exact) mass is 538 g/mol. The fourth-order valence-electron chi connectivity index (χ4n) is 5.16. The number of carboxylic acids is 1. The molecule has 1 saturated carbocycles. The highest BCUT2D eigenvalue weighted by molar-refractivity contribution is 7.90. The van der Waals surface area contributed by atoms with E-state index in [1.54, 1.807) is 36.4 Å². The van der Waals surface area contributed by atoms with Gasteiger partial charge < -0.3 is 5.11 Å². The number of aromatic nitrogens is 1. The van der Waals surface area contributed by atoms with Crippen LogP contribution in [-0.4, -0.2) is 23.5 Å². The van der Waals surface area contributed by atoms with Crippen LogP contribution in [0.3, 0.4) is 0 Å². The van der Waals surface area contributed by atoms with Gasteiger partial charge in [0.25, 0.3) is 10.0 Å². The molecular formula is C30H22N2O4S2. The minimum Gasteiger partial charge on any atom is -0.481 e. The van der Waals surface area contributed by atoms with Gasteiger partial charge in [-0.3, -0.25) is 4.79 Å². The lowest BCUT2D eigenvalue weighted by atomic mass is 9.97. The Bertz CT molecular complexity index is 1880. The maximum absolute atomic E-state index is 14.3. The number of carboxylic acid groups (broad SMARTS) is 1. The Balaban J connectivity index is 1.70. The number of rotatable bonds is 6. The summed E-state index contributed by atoms with van der Waals surface area (Å²) in [5.74, 6) is -1.37. The van der Waals surface area contributed by atoms with Crippen LogP contribution in [0.4, 0.5) is 0 Å². The number of thiophene rings is 1. The van der Waals surface area contributed by atoms with Crippen LogP contribution in [-0.2, 0) is 14.8 Å². The van der Waals surface area contributed by atoms with Gasteiger partial charge in [-0.05, 0) is 60.5 Å². The minimum absolute atomic E-state index is 0.113. The summed E-state index contributed by atoms with van der Waals surface area (Å²) < 4.78 is 29.9. The van der Waals surface area contributed by atoms with Gasteiger partial charge in [-0.25, -0.2) is 12.4 Å². The molecule has 6 rings (SSSR count). The Labute approximate surface area is 224 Å². The van der Waals surface area contributed by atoms with Gasteiger partial charge in [0.1, 0.15) is 10.9 Å². The third-order valence-electron chi connectivity index (χ3n) is 7.12. The van der Waals surface area contributed by atoms with Crippen LogP contribution in [0.1, 0.15) is 28.3 Å². The molecule has 2 atom stereocenters. The van der Waals surface area contributed by atoms with Crippen LogP contribution < -0.4 is 0 Å². The van der Waals surface area contributed by atoms with E-state index in [2.05, 4.69) is 6.07 Å². The molecule has 0 bridgehead atoms. The molecule has 38 heavy (non-hydrogen) atoms. The molecule has 6 nitrogen and oxygen atoms in total. The lowest BCUT2D eigenvalue weighted by Gasteiger charge is -2.15. The predicted octanol–water partition coefficient (Wildman–Crippen LogP) is 6.64. The van der Waals surface area contributed by atoms with Crippen molar-refractivity contribution in [2.24, 2.45) is 5.92 Å². The predicted molar refractivity (Wildman–Crippen MR) is 148 cm³/mol. The first-order chi connectivity index (χ1) is 18.3. The average molecular weight is 539 g/mol. The smallest absolute Gasteiger partial charge is 0.307 e. The summed E-state index contributed by atoms with van der Waals surface area (Å²) in [4.78, 5) is 12.2. The van der Waals surface area contributed by atoms with Crippen LogP contribution in [0.2, 0.25) is 0 Å². The number of hydrogen-bond donors (Lipinski definition) is 1. The number of fused-ring (bicyclic) bond motifs is 1. The molecule has 1 aliphatic rings. The van der Waals surface area contributed by atoms with Crippen molar-refractivity contribution in [1.82, 2.24) is 3.97 Å². The van der Waals surface area contributed by atoms with Crippen molar-refractivity contribution in [1.29, 1.82) is 5.26 Å². The Hall–Kier alpha value is -4.19. The lowest BCUT2D eigenvalue weighted by molar-refractivity contribution is -0.138. The van der Waals surface area contributed by atoms with E-state index in [1.165, 1.54) is 15.3 Å². The van der Waals surface area contributed by atoms with Crippen LogP contribution in [0, 0.1) is 24.2 Å². The first-order valence-corrected chi connectivity index (χ1v) is 14.4. The van der Waals surface area contributed by atoms with Gasteiger partial charge in [0, 0.05) is 22.1 Å². The Morgan fingerprint density at radius 3 is 2.53 bits per heavy atom. The van der Waals surface area contributed by atoms with Crippen molar-refractivity contribution in [2.45, 2.75) is 24.2 Å². The van der Waals surface area contributed by atoms with E-state index < -0.39 is 21.9 Å². The van der Waals surface area contributed by atoms with Gasteiger partial charge >= 0.3 is 5.97 Å². The van der Waals surface area contributed by atoms with E-state index in [9.17, 15) is 23.6 Å². The van der Waals surface area contributed by atoms with Crippen molar-refractivity contribution in [3.63, 3.8) is 0 Å². The summed E-state index contributed by atoms with van der Waals surface area (Å²) in [6.45, 7) is 1.90. The van der Waals surface area contributed by atoms with E-state index >= 15 is 0 Å². The van der Waals surface area contributed by atoms with Crippen molar-refractivity contribution in [3.05, 3.63) is 100 Å². The topological polar surface area (TPSA) is 100 Å². The number of para-hydroxylation sites is 1. The number of aryl methyl sites for hydroxylation is 1. The zero-order valence-corrected chi connectivity index (χ0v) is 22.0. The number of aliphatic carboxylic acids is 1. The largest absolute Gasteiger partial charge is 0.481 e. The molecule has 8 heteroatoms. The molecule has 0 spiro atoms. The second kappa shape index (κ2) is 8.98. The van der Waals surface area contributed by atoms with E-state index in [0.29, 0.717) is 44.6 Å². The summed E-state index contributed by atoms with van der Waals surface area (Å²) in [5.41, 5.74) is 4.75. The second-order valence-corrected chi connectivity index (χ2v) is 12.2. The number of nitrogens with zero attached hydrogens (tertiary/aromatic N) is 2. The van der Waals surface area contributed by atoms with Crippen LogP contribution in [0.5, 0.6) is 0 Å². The number of benzene rings is 3. The normalized spacial score (nSPS) is 16.8. The molecule has 5 aromatic rings. The molecule has 0 unspecified atom stereocenters. The molecule has 0 amide bonds. The molecule has 188 valence electrons. The van der Waals surface area contributed by atoms with Crippen LogP contribution in [0.25, 0.3) is 33.3 Å². The first-order valence-electron chi connectivity index (χ1n) is 12.1. The van der Waals surface area contributed by atoms with Gasteiger partial charge in [0.15, 0.2) is 0 Å². The van der Waals surface area contributed by atoms with Crippen molar-refractivity contribution >= 4 is 38.2 Å². The maximum Gasteiger partial charge on any atom is 0.307 e. The van der Waals surface area contributed by atoms with E-state index in [4.69, 9.17) is 0 Å². The highest BCUT2D eigenvalue weighted by Gasteiger charge is 2.44. The third kappa shape index (κ3) is 3.83. The molecule has 1 fully saturated rings. The SMILES string of the molecule is Cc1ccc(S(=O)(=O)n2c(-c3cccc([C@@H]4C[C@H]4C(=O)O)c3)c(-c3ccsc3C#N)c3ccccc32)cc1. The highest BCUT2D eigenvalue weighted by Crippen LogP contribution is 2.50. The first kappa shape index (κ1) is 24.2. The summed E-state index contributed by atoms with van der Waals surface area (Å²) in [6, 6.07) is 25.6. The Morgan fingerprint density at radius 2 is 1.82 bits per heavy atom. The maximum atomic E-state index is 14.3. The molecule has 0 aliphatic heterocycles. The number of hydrogen-bond acceptors (Lipinski definition) is 5. The second-order valence-electron chi connectivity index (χ2n) is 9.51. The molecule has 1 aliphatic carbocycles. The molecule has 0 radical (unpaired) electrons. The van der Waals surface area contributed by atoms with Crippen LogP contribution in [0.15, 0.2) is 89.1 Å². The van der Waals surface area contributed by atoms with Crippen LogP contribution >= 0.6 is 11.3 Å². The van der Waals surface area contributed by atoms with Crippen molar-refractivity contribution in [3.8, 4) is 28.5 Å². The van der Waals surface area contributed by atoms with Gasteiger partial charge in [-0.1, -0.05) is 54.1 Å². The van der Waals surface area contributed by atoms with Crippen molar-refractivity contribution in [2.75, 3.05) is 0 Å². The summed E-state index contributed by atoms with van der Waals surface area (Å²) >= 11 is 1.31. The summed E-state index contributed by atoms with van der Waals surface area (Å²) in [6.07, 6.45) is 0.555. The molecule has 0 saturated heterocycles. The standard InChI is InChI=1S/C30H22N2O4S2/c1-18-9-11-21(12-10-18)38(35,36)32-26-8-3-2-7-22(26)28(23-13-14-37-27(23)17-31)29(32)20-6-4-5-19(15-20)24-16-25(24)30(33)34/h2-15,24-25H,16H2,1H3,(H,33,34)/t24-,25+/m0/s1. The lowest BCUT2D eigenvalue weighted by Crippen LogP contribution is -2.14. The molecule has 2 heterocycles. The van der Waals surface area contributed by atoms with E-state index in [-0.39, 0.29) is 10.8 Å². The Morgan fingerprint density at radius 1 is 1.05 bits per heavy atom. The Kier molecular flexibility index (Phi) is 5.71. The fourth-order valence-corrected chi connectivity index (χ4v) is 7.39. The third-order valence-corrected chi connectivity index (χ3v) is 9.67. The summed E-state index contributed by atoms with van der Waals surface area (Å²) in [7, 11) is -4.05. The van der Waals surface area contributed by atoms with Crippen molar-refractivity contribution < 1.29 is 18.3 Å². The highest BCUT2D eigenvalue weighted by atomic mass is 32.2. The number of carbonyl (C=O) groups is 1. The van der Waals surface area contributed by atoms with Gasteiger partial charge in [-0.15, -0.1) is 11.3 Å². The average Bonchev–Trinajstić information content (AvgIpc) is 3.46. The number of nitriles is 1. The van der Waals surface area contributed by atoms with Gasteiger partial charge in [0.05, 0.1) is 22.0 Å². The summed E-state index contributed by atoms with van der Waals surface area (Å²) in [5, 5.41) is 21.9. The van der Waals surface area contributed by atoms with Gasteiger partial charge in [0.2, 0.25) is 0 Å². The van der Waals surface area contributed by atoms with Gasteiger partial charge in [-0.2, -0.15) is 5.26 Å². The van der Waals surface area contributed by atoms with E-state index in [0.717, 1.165) is 11.1 Å². The molecular weight excluding hydrogens is 516 g/mol. The minimum atomic E-state index is -4.05. The molecule has 3 aromatic carbocycles. The zero-order valence-electron chi connectivity index (χ0n) is 20.3. The van der Waals surface area contributed by atoms with E-state index in [1.807, 2.05) is 54.8 Å². The quantitative estimate of drug-likeness (QED) is 0.261. The molecule has 1 N–H and O–H groups in total. The zero-order chi connectivity index (χ0) is 26.6. The fraction of sp³-hybridized carbons (Fsp3) is 0.133.